The van der Waals surface area contributed by atoms with Gasteiger partial charge in [0.05, 0.1) is 23.8 Å². The Hall–Kier alpha value is -1.20. The standard InChI is InChI=1S/2C8H14O3.Cu/c2*1-3-5-7(9)6(4-2)8(10)11;/h2*6H,3-5H2,1-2H3,(H,10,11);/q;;+2/p-2. The Morgan fingerprint density at radius 2 is 0.957 bits per heavy atom. The number of hydrogen-bond acceptors (Lipinski definition) is 6. The first-order valence-corrected chi connectivity index (χ1v) is 7.73. The fourth-order valence-electron chi connectivity index (χ4n) is 1.89. The number of carboxylic acids is 2. The van der Waals surface area contributed by atoms with Gasteiger partial charge in [-0.05, 0) is 25.7 Å². The molecule has 0 rings (SSSR count). The van der Waals surface area contributed by atoms with E-state index in [0.29, 0.717) is 38.5 Å². The summed E-state index contributed by atoms with van der Waals surface area (Å²) in [5, 5.41) is 20.6. The van der Waals surface area contributed by atoms with E-state index in [-0.39, 0.29) is 28.6 Å². The molecule has 1 radical (unpaired) electrons. The maximum absolute atomic E-state index is 11.0. The normalized spacial score (nSPS) is 12.0. The molecule has 2 atom stereocenters. The van der Waals surface area contributed by atoms with Crippen molar-refractivity contribution in [1.29, 1.82) is 0 Å². The molecule has 0 spiro atoms. The summed E-state index contributed by atoms with van der Waals surface area (Å²) in [7, 11) is 0. The minimum absolute atomic E-state index is 0. The number of carbonyl (C=O) groups excluding carboxylic acids is 4. The predicted molar refractivity (Wildman–Crippen MR) is 77.4 cm³/mol. The van der Waals surface area contributed by atoms with E-state index in [1.165, 1.54) is 0 Å². The Morgan fingerprint density at radius 3 is 1.09 bits per heavy atom. The van der Waals surface area contributed by atoms with Crippen molar-refractivity contribution in [3.63, 3.8) is 0 Å². The van der Waals surface area contributed by atoms with Crippen molar-refractivity contribution in [3.8, 4) is 0 Å². The molecule has 0 aliphatic carbocycles. The summed E-state index contributed by atoms with van der Waals surface area (Å²) >= 11 is 0. The van der Waals surface area contributed by atoms with Crippen molar-refractivity contribution in [2.45, 2.75) is 66.2 Å². The Labute approximate surface area is 148 Å². The summed E-state index contributed by atoms with van der Waals surface area (Å²) in [6.45, 7) is 7.04. The summed E-state index contributed by atoms with van der Waals surface area (Å²) in [5.74, 6) is -4.70. The van der Waals surface area contributed by atoms with Crippen LogP contribution in [0.25, 0.3) is 0 Å². The fourth-order valence-corrected chi connectivity index (χ4v) is 1.89. The molecule has 0 bridgehead atoms. The smallest absolute Gasteiger partial charge is 0.549 e. The summed E-state index contributed by atoms with van der Waals surface area (Å²) in [4.78, 5) is 42.6. The number of Topliss-reactive ketones (excluding diaryl/α,β-unsaturated/α-hetero) is 2. The zero-order valence-electron chi connectivity index (χ0n) is 14.1. The molecule has 0 N–H and O–H groups in total. The van der Waals surface area contributed by atoms with Crippen LogP contribution in [0.3, 0.4) is 0 Å². The minimum atomic E-state index is -1.24. The van der Waals surface area contributed by atoms with Gasteiger partial charge in [0.1, 0.15) is 11.6 Å². The summed E-state index contributed by atoms with van der Waals surface area (Å²) in [6.07, 6.45) is 2.74. The van der Waals surface area contributed by atoms with Crippen molar-refractivity contribution in [3.05, 3.63) is 0 Å². The van der Waals surface area contributed by atoms with Gasteiger partial charge in [0, 0.05) is 12.8 Å². The molecule has 7 heteroatoms. The monoisotopic (exact) mass is 377 g/mol. The van der Waals surface area contributed by atoms with Crippen LogP contribution in [0.4, 0.5) is 0 Å². The molecule has 0 fully saturated rings. The molecule has 137 valence electrons. The van der Waals surface area contributed by atoms with E-state index in [9.17, 15) is 29.4 Å². The molecule has 0 aliphatic rings. The van der Waals surface area contributed by atoms with Gasteiger partial charge in [0.15, 0.2) is 0 Å². The average Bonchev–Trinajstić information content (AvgIpc) is 2.40. The van der Waals surface area contributed by atoms with Crippen molar-refractivity contribution >= 4 is 23.5 Å². The van der Waals surface area contributed by atoms with Gasteiger partial charge in [-0.2, -0.15) is 0 Å². The molecule has 2 unspecified atom stereocenters. The fraction of sp³-hybridized carbons (Fsp3) is 0.750. The third kappa shape index (κ3) is 12.0. The van der Waals surface area contributed by atoms with Crippen LogP contribution >= 0.6 is 0 Å². The number of aliphatic carboxylic acids is 2. The quantitative estimate of drug-likeness (QED) is 0.398. The van der Waals surface area contributed by atoms with Gasteiger partial charge in [0.25, 0.3) is 0 Å². The third-order valence-corrected chi connectivity index (χ3v) is 3.16. The Morgan fingerprint density at radius 1 is 0.696 bits per heavy atom. The van der Waals surface area contributed by atoms with E-state index >= 15 is 0 Å². The minimum Gasteiger partial charge on any atom is -0.549 e. The van der Waals surface area contributed by atoms with Crippen molar-refractivity contribution < 1.29 is 46.5 Å². The van der Waals surface area contributed by atoms with Crippen molar-refractivity contribution in [2.24, 2.45) is 11.8 Å². The molecular formula is C16H26CuO6. The van der Waals surface area contributed by atoms with E-state index in [4.69, 9.17) is 0 Å². The second-order valence-corrected chi connectivity index (χ2v) is 4.99. The number of carboxylic acid groups (broad SMARTS) is 2. The van der Waals surface area contributed by atoms with Gasteiger partial charge >= 0.3 is 17.1 Å². The van der Waals surface area contributed by atoms with Gasteiger partial charge in [-0.25, -0.2) is 0 Å². The molecule has 6 nitrogen and oxygen atoms in total. The maximum atomic E-state index is 11.0. The van der Waals surface area contributed by atoms with Crippen molar-refractivity contribution in [2.75, 3.05) is 0 Å². The SMILES string of the molecule is CCCC(=O)C(CC)C(=O)[O-].CCCC(=O)C(CC)C(=O)[O-].[Cu+2]. The first kappa shape index (κ1) is 26.7. The molecule has 0 heterocycles. The van der Waals surface area contributed by atoms with E-state index in [0.717, 1.165) is 0 Å². The molecule has 0 aromatic carbocycles. The second-order valence-electron chi connectivity index (χ2n) is 4.99. The van der Waals surface area contributed by atoms with Crippen LogP contribution in [0.2, 0.25) is 0 Å². The molecule has 0 saturated heterocycles. The molecule has 0 saturated carbocycles. The molecule has 0 aromatic heterocycles. The van der Waals surface area contributed by atoms with Crippen LogP contribution < -0.4 is 10.2 Å². The van der Waals surface area contributed by atoms with Crippen LogP contribution in [0.5, 0.6) is 0 Å². The predicted octanol–water partition coefficient (Wildman–Crippen LogP) is 0.261. The van der Waals surface area contributed by atoms with Gasteiger partial charge < -0.3 is 19.8 Å². The van der Waals surface area contributed by atoms with E-state index in [1.54, 1.807) is 13.8 Å². The zero-order chi connectivity index (χ0) is 17.7. The molecular weight excluding hydrogens is 352 g/mol. The van der Waals surface area contributed by atoms with Crippen LogP contribution in [-0.2, 0) is 36.2 Å². The first-order valence-electron chi connectivity index (χ1n) is 7.73. The van der Waals surface area contributed by atoms with E-state index in [1.807, 2.05) is 13.8 Å². The van der Waals surface area contributed by atoms with Crippen LogP contribution in [0.1, 0.15) is 66.2 Å². The number of hydrogen-bond donors (Lipinski definition) is 0. The summed E-state index contributed by atoms with van der Waals surface area (Å²) < 4.78 is 0. The van der Waals surface area contributed by atoms with Crippen LogP contribution in [0.15, 0.2) is 0 Å². The van der Waals surface area contributed by atoms with E-state index in [2.05, 4.69) is 0 Å². The van der Waals surface area contributed by atoms with Gasteiger partial charge in [0.2, 0.25) is 0 Å². The Balaban J connectivity index is -0.000000333. The Kier molecular flexibility index (Phi) is 18.2. The second kappa shape index (κ2) is 15.7. The summed E-state index contributed by atoms with van der Waals surface area (Å²) in [5.41, 5.74) is 0. The van der Waals surface area contributed by atoms with Gasteiger partial charge in [-0.3, -0.25) is 9.59 Å². The van der Waals surface area contributed by atoms with Crippen LogP contribution in [0, 0.1) is 11.8 Å². The van der Waals surface area contributed by atoms with Crippen molar-refractivity contribution in [1.82, 2.24) is 0 Å². The largest absolute Gasteiger partial charge is 2.00 e. The molecule has 23 heavy (non-hydrogen) atoms. The molecule has 0 amide bonds. The number of rotatable bonds is 10. The Bertz CT molecular complexity index is 345. The molecule has 0 aliphatic heterocycles. The molecule has 0 aromatic rings. The van der Waals surface area contributed by atoms with Crippen LogP contribution in [-0.4, -0.2) is 23.5 Å². The summed E-state index contributed by atoms with van der Waals surface area (Å²) in [6, 6.07) is 0. The first-order chi connectivity index (χ1) is 10.3. The maximum Gasteiger partial charge on any atom is 2.00 e. The third-order valence-electron chi connectivity index (χ3n) is 3.16. The number of ketones is 2. The average molecular weight is 378 g/mol. The number of carbonyl (C=O) groups is 4. The topological polar surface area (TPSA) is 114 Å². The van der Waals surface area contributed by atoms with Gasteiger partial charge in [-0.15, -0.1) is 0 Å². The zero-order valence-corrected chi connectivity index (χ0v) is 15.1. The van der Waals surface area contributed by atoms with E-state index < -0.39 is 23.8 Å². The van der Waals surface area contributed by atoms with Gasteiger partial charge in [-0.1, -0.05) is 27.7 Å².